The van der Waals surface area contributed by atoms with Gasteiger partial charge in [0.05, 0.1) is 28.2 Å². The van der Waals surface area contributed by atoms with Crippen molar-refractivity contribution < 1.29 is 9.59 Å². The lowest BCUT2D eigenvalue weighted by Crippen LogP contribution is -2.42. The number of aromatic nitrogens is 3. The molecule has 2 heterocycles. The zero-order valence-electron chi connectivity index (χ0n) is 16.0. The number of hydrogen-bond acceptors (Lipinski definition) is 5. The van der Waals surface area contributed by atoms with Crippen molar-refractivity contribution in [3.63, 3.8) is 0 Å². The molecule has 2 amide bonds. The smallest absolute Gasteiger partial charge is 0.271 e. The van der Waals surface area contributed by atoms with E-state index in [9.17, 15) is 9.59 Å². The van der Waals surface area contributed by atoms with Crippen molar-refractivity contribution in [1.29, 1.82) is 0 Å². The van der Waals surface area contributed by atoms with Crippen molar-refractivity contribution in [1.82, 2.24) is 25.6 Å². The van der Waals surface area contributed by atoms with E-state index < -0.39 is 5.91 Å². The summed E-state index contributed by atoms with van der Waals surface area (Å²) in [5, 5.41) is 6.10. The van der Waals surface area contributed by atoms with Crippen LogP contribution in [-0.4, -0.2) is 32.3 Å². The van der Waals surface area contributed by atoms with Crippen LogP contribution in [0.15, 0.2) is 35.4 Å². The molecule has 0 aliphatic heterocycles. The molecule has 152 valence electrons. The summed E-state index contributed by atoms with van der Waals surface area (Å²) in [6, 6.07) is 6.89. The fourth-order valence-electron chi connectivity index (χ4n) is 2.63. The normalized spacial score (nSPS) is 11.1. The molecule has 29 heavy (non-hydrogen) atoms. The molecule has 0 aliphatic carbocycles. The number of rotatable bonds is 5. The van der Waals surface area contributed by atoms with Gasteiger partial charge in [-0.1, -0.05) is 23.2 Å². The van der Waals surface area contributed by atoms with E-state index in [4.69, 9.17) is 23.2 Å². The van der Waals surface area contributed by atoms with Crippen molar-refractivity contribution in [2.45, 2.75) is 31.7 Å². The van der Waals surface area contributed by atoms with Gasteiger partial charge in [-0.2, -0.15) is 5.10 Å². The number of carbonyl (C=O) groups is 2. The number of benzene rings is 1. The Morgan fingerprint density at radius 3 is 2.69 bits per heavy atom. The molecular weight excluding hydrogens is 433 g/mol. The maximum atomic E-state index is 12.5. The van der Waals surface area contributed by atoms with E-state index >= 15 is 0 Å². The number of nitrogens with zero attached hydrogens (tertiary/aromatic N) is 3. The van der Waals surface area contributed by atoms with E-state index in [0.29, 0.717) is 31.8 Å². The highest BCUT2D eigenvalue weighted by Crippen LogP contribution is 2.29. The average molecular weight is 452 g/mol. The third kappa shape index (κ3) is 5.01. The number of aryl methyl sites for hydroxylation is 1. The molecule has 2 aromatic heterocycles. The first-order chi connectivity index (χ1) is 13.8. The molecular formula is C19H19Cl2N5O2S. The van der Waals surface area contributed by atoms with Gasteiger partial charge in [0.2, 0.25) is 5.91 Å². The first kappa shape index (κ1) is 21.4. The van der Waals surface area contributed by atoms with Crippen LogP contribution in [0.5, 0.6) is 0 Å². The summed E-state index contributed by atoms with van der Waals surface area (Å²) in [5.74, 6) is -0.760. The van der Waals surface area contributed by atoms with Gasteiger partial charge < -0.3 is 0 Å². The second-order valence-corrected chi connectivity index (χ2v) is 8.44. The lowest BCUT2D eigenvalue weighted by atomic mass is 10.1. The molecule has 10 heteroatoms. The Bertz CT molecular complexity index is 1080. The van der Waals surface area contributed by atoms with Crippen LogP contribution in [0.2, 0.25) is 10.0 Å². The van der Waals surface area contributed by atoms with E-state index in [-0.39, 0.29) is 17.7 Å². The number of amides is 2. The molecule has 0 radical (unpaired) electrons. The Balaban J connectivity index is 1.62. The van der Waals surface area contributed by atoms with Crippen molar-refractivity contribution in [2.75, 3.05) is 5.75 Å². The summed E-state index contributed by atoms with van der Waals surface area (Å²) in [6.45, 7) is 5.76. The Labute approximate surface area is 182 Å². The van der Waals surface area contributed by atoms with Gasteiger partial charge >= 0.3 is 0 Å². The highest BCUT2D eigenvalue weighted by molar-refractivity contribution is 8.00. The minimum Gasteiger partial charge on any atom is -0.272 e. The van der Waals surface area contributed by atoms with Gasteiger partial charge in [0.25, 0.3) is 5.91 Å². The van der Waals surface area contributed by atoms with Crippen molar-refractivity contribution in [3.8, 4) is 0 Å². The highest BCUT2D eigenvalue weighted by atomic mass is 35.5. The highest BCUT2D eigenvalue weighted by Gasteiger charge is 2.16. The first-order valence-electron chi connectivity index (χ1n) is 8.78. The largest absolute Gasteiger partial charge is 0.272 e. The van der Waals surface area contributed by atoms with Crippen molar-refractivity contribution in [2.24, 2.45) is 0 Å². The number of fused-ring (bicyclic) bond motifs is 1. The molecule has 3 aromatic rings. The fourth-order valence-corrected chi connectivity index (χ4v) is 3.93. The van der Waals surface area contributed by atoms with E-state index in [1.54, 1.807) is 42.1 Å². The Kier molecular flexibility index (Phi) is 6.66. The summed E-state index contributed by atoms with van der Waals surface area (Å²) in [7, 11) is 0. The molecule has 0 saturated carbocycles. The van der Waals surface area contributed by atoms with E-state index in [2.05, 4.69) is 20.9 Å². The standard InChI is InChI=1S/C19H19Cl2N5O2S/c1-10(2)26-18-12(8-22-26)6-14(11(3)23-18)19(28)25-24-17(27)9-29-16-7-13(20)4-5-15(16)21/h4-8,10H,9H2,1-3H3,(H,24,27)(H,25,28). The van der Waals surface area contributed by atoms with Crippen LogP contribution in [0.4, 0.5) is 0 Å². The minimum absolute atomic E-state index is 0.0672. The summed E-state index contributed by atoms with van der Waals surface area (Å²) < 4.78 is 1.80. The second-order valence-electron chi connectivity index (χ2n) is 6.58. The van der Waals surface area contributed by atoms with Gasteiger partial charge in [-0.15, -0.1) is 11.8 Å². The Morgan fingerprint density at radius 2 is 1.97 bits per heavy atom. The molecule has 0 atom stereocenters. The van der Waals surface area contributed by atoms with Crippen LogP contribution < -0.4 is 10.9 Å². The van der Waals surface area contributed by atoms with Crippen LogP contribution in [-0.2, 0) is 4.79 Å². The van der Waals surface area contributed by atoms with E-state index in [1.165, 1.54) is 11.8 Å². The molecule has 0 fully saturated rings. The Morgan fingerprint density at radius 1 is 1.21 bits per heavy atom. The number of halogens is 2. The maximum absolute atomic E-state index is 12.5. The number of hydrazine groups is 1. The molecule has 0 aliphatic rings. The molecule has 0 unspecified atom stereocenters. The molecule has 1 aromatic carbocycles. The second kappa shape index (κ2) is 9.02. The molecule has 0 saturated heterocycles. The minimum atomic E-state index is -0.451. The third-order valence-corrected chi connectivity index (χ3v) is 5.79. The zero-order valence-corrected chi connectivity index (χ0v) is 18.3. The van der Waals surface area contributed by atoms with Gasteiger partial charge in [-0.05, 0) is 45.0 Å². The number of carbonyl (C=O) groups excluding carboxylic acids is 2. The average Bonchev–Trinajstić information content (AvgIpc) is 3.09. The molecule has 7 nitrogen and oxygen atoms in total. The number of nitrogens with one attached hydrogen (secondary N) is 2. The topological polar surface area (TPSA) is 88.9 Å². The van der Waals surface area contributed by atoms with Crippen molar-refractivity contribution >= 4 is 57.8 Å². The van der Waals surface area contributed by atoms with Crippen LogP contribution in [0, 0.1) is 6.92 Å². The van der Waals surface area contributed by atoms with Gasteiger partial charge in [-0.25, -0.2) is 9.67 Å². The first-order valence-corrected chi connectivity index (χ1v) is 10.5. The van der Waals surface area contributed by atoms with E-state index in [1.807, 2.05) is 13.8 Å². The summed E-state index contributed by atoms with van der Waals surface area (Å²) >= 11 is 13.2. The molecule has 0 spiro atoms. The fraction of sp³-hybridized carbons (Fsp3) is 0.263. The SMILES string of the molecule is Cc1nc2c(cnn2C(C)C)cc1C(=O)NNC(=O)CSc1cc(Cl)ccc1Cl. The summed E-state index contributed by atoms with van der Waals surface area (Å²) in [5.41, 5.74) is 6.45. The summed E-state index contributed by atoms with van der Waals surface area (Å²) in [6.07, 6.45) is 1.67. The third-order valence-electron chi connectivity index (χ3n) is 4.06. The van der Waals surface area contributed by atoms with Crippen LogP contribution in [0.3, 0.4) is 0 Å². The zero-order chi connectivity index (χ0) is 21.1. The lowest BCUT2D eigenvalue weighted by Gasteiger charge is -2.11. The number of hydrogen-bond donors (Lipinski definition) is 2. The maximum Gasteiger partial charge on any atom is 0.271 e. The quantitative estimate of drug-likeness (QED) is 0.448. The van der Waals surface area contributed by atoms with E-state index in [0.717, 1.165) is 5.39 Å². The van der Waals surface area contributed by atoms with Crippen LogP contribution in [0.25, 0.3) is 11.0 Å². The van der Waals surface area contributed by atoms with Crippen LogP contribution >= 0.6 is 35.0 Å². The molecule has 0 bridgehead atoms. The predicted molar refractivity (Wildman–Crippen MR) is 115 cm³/mol. The summed E-state index contributed by atoms with van der Waals surface area (Å²) in [4.78, 5) is 29.7. The van der Waals surface area contributed by atoms with Crippen molar-refractivity contribution in [3.05, 3.63) is 51.8 Å². The van der Waals surface area contributed by atoms with Gasteiger partial charge in [0.15, 0.2) is 5.65 Å². The van der Waals surface area contributed by atoms with Crippen LogP contribution in [0.1, 0.15) is 35.9 Å². The molecule has 3 rings (SSSR count). The number of thioether (sulfide) groups is 1. The van der Waals surface area contributed by atoms with Gasteiger partial charge in [0.1, 0.15) is 0 Å². The molecule has 2 N–H and O–H groups in total. The monoisotopic (exact) mass is 451 g/mol. The lowest BCUT2D eigenvalue weighted by molar-refractivity contribution is -0.119. The van der Waals surface area contributed by atoms with Gasteiger partial charge in [0, 0.05) is 21.3 Å². The number of pyridine rings is 1. The Hall–Kier alpha value is -2.29. The predicted octanol–water partition coefficient (Wildman–Crippen LogP) is 4.18. The van der Waals surface area contributed by atoms with Gasteiger partial charge in [-0.3, -0.25) is 20.4 Å².